The van der Waals surface area contributed by atoms with Gasteiger partial charge in [0.25, 0.3) is 0 Å². The van der Waals surface area contributed by atoms with Crippen LogP contribution in [0.5, 0.6) is 0 Å². The van der Waals surface area contributed by atoms with E-state index in [0.29, 0.717) is 24.4 Å². The first-order chi connectivity index (χ1) is 10.1. The molecule has 0 atom stereocenters. The second-order valence-electron chi connectivity index (χ2n) is 4.42. The number of aryl methyl sites for hydroxylation is 1. The summed E-state index contributed by atoms with van der Waals surface area (Å²) >= 11 is 0. The maximum Gasteiger partial charge on any atom is 0.367 e. The minimum atomic E-state index is -3.39. The first-order valence-corrected chi connectivity index (χ1v) is 8.44. The van der Waals surface area contributed by atoms with Crippen molar-refractivity contribution < 1.29 is 18.0 Å². The Morgan fingerprint density at radius 1 is 1.14 bits per heavy atom. The van der Waals surface area contributed by atoms with Crippen LogP contribution in [0.1, 0.15) is 19.4 Å². The standard InChI is InChI=1S/C15H20NO4P/c1-4-19-21(17,20-5-2)14-12(3)11-18-15(14)16-13-9-7-6-8-10-13/h6-11,16H,4-5H2,1-3H3. The summed E-state index contributed by atoms with van der Waals surface area (Å²) in [5.74, 6) is 0.393. The van der Waals surface area contributed by atoms with Crippen molar-refractivity contribution in [2.24, 2.45) is 0 Å². The van der Waals surface area contributed by atoms with Crippen LogP contribution in [-0.2, 0) is 13.6 Å². The van der Waals surface area contributed by atoms with E-state index in [-0.39, 0.29) is 0 Å². The lowest BCUT2D eigenvalue weighted by molar-refractivity contribution is 0.230. The van der Waals surface area contributed by atoms with E-state index in [9.17, 15) is 4.57 Å². The molecule has 0 spiro atoms. The SMILES string of the molecule is CCOP(=O)(OCC)c1c(C)coc1Nc1ccccc1. The van der Waals surface area contributed by atoms with Crippen LogP contribution in [0.15, 0.2) is 41.0 Å². The van der Waals surface area contributed by atoms with Crippen molar-refractivity contribution >= 4 is 24.5 Å². The van der Waals surface area contributed by atoms with Gasteiger partial charge in [0, 0.05) is 11.3 Å². The minimum absolute atomic E-state index is 0.298. The molecule has 0 amide bonds. The van der Waals surface area contributed by atoms with Gasteiger partial charge < -0.3 is 18.8 Å². The molecule has 0 aliphatic heterocycles. The lowest BCUT2D eigenvalue weighted by atomic mass is 10.3. The molecule has 1 aromatic heterocycles. The van der Waals surface area contributed by atoms with Crippen molar-refractivity contribution in [2.45, 2.75) is 20.8 Å². The molecule has 0 fully saturated rings. The molecule has 21 heavy (non-hydrogen) atoms. The molecule has 2 aromatic rings. The third kappa shape index (κ3) is 3.56. The lowest BCUT2D eigenvalue weighted by Crippen LogP contribution is -2.14. The Bertz CT molecular complexity index is 614. The average Bonchev–Trinajstić information content (AvgIpc) is 2.82. The molecule has 1 aromatic carbocycles. The van der Waals surface area contributed by atoms with Crippen molar-refractivity contribution in [3.63, 3.8) is 0 Å². The molecule has 0 radical (unpaired) electrons. The van der Waals surface area contributed by atoms with Gasteiger partial charge in [-0.25, -0.2) is 0 Å². The summed E-state index contributed by atoms with van der Waals surface area (Å²) < 4.78 is 29.3. The normalized spacial score (nSPS) is 11.6. The van der Waals surface area contributed by atoms with Crippen LogP contribution in [0.2, 0.25) is 0 Å². The molecule has 0 bridgehead atoms. The number of hydrogen-bond donors (Lipinski definition) is 1. The van der Waals surface area contributed by atoms with E-state index in [4.69, 9.17) is 13.5 Å². The van der Waals surface area contributed by atoms with E-state index in [1.807, 2.05) is 37.3 Å². The van der Waals surface area contributed by atoms with Gasteiger partial charge in [0.05, 0.1) is 19.5 Å². The summed E-state index contributed by atoms with van der Waals surface area (Å²) in [6.45, 7) is 5.98. The summed E-state index contributed by atoms with van der Waals surface area (Å²) in [7, 11) is -3.39. The molecule has 5 nitrogen and oxygen atoms in total. The van der Waals surface area contributed by atoms with Gasteiger partial charge in [-0.15, -0.1) is 0 Å². The molecule has 0 saturated heterocycles. The molecular weight excluding hydrogens is 289 g/mol. The third-order valence-corrected chi connectivity index (χ3v) is 5.15. The van der Waals surface area contributed by atoms with Crippen LogP contribution in [0, 0.1) is 6.92 Å². The molecular formula is C15H20NO4P. The first-order valence-electron chi connectivity index (χ1n) is 6.90. The van der Waals surface area contributed by atoms with Crippen molar-refractivity contribution in [2.75, 3.05) is 18.5 Å². The van der Waals surface area contributed by atoms with Crippen molar-refractivity contribution in [3.05, 3.63) is 42.2 Å². The fraction of sp³-hybridized carbons (Fsp3) is 0.333. The third-order valence-electron chi connectivity index (χ3n) is 2.85. The van der Waals surface area contributed by atoms with Gasteiger partial charge in [-0.05, 0) is 32.9 Å². The molecule has 1 N–H and O–H groups in total. The highest BCUT2D eigenvalue weighted by atomic mass is 31.2. The Morgan fingerprint density at radius 3 is 2.33 bits per heavy atom. The smallest absolute Gasteiger partial charge is 0.367 e. The summed E-state index contributed by atoms with van der Waals surface area (Å²) in [5.41, 5.74) is 1.58. The van der Waals surface area contributed by atoms with E-state index < -0.39 is 7.60 Å². The van der Waals surface area contributed by atoms with Crippen molar-refractivity contribution in [1.82, 2.24) is 0 Å². The van der Waals surface area contributed by atoms with Crippen LogP contribution in [0.4, 0.5) is 11.6 Å². The Labute approximate surface area is 124 Å². The minimum Gasteiger partial charge on any atom is -0.447 e. The molecule has 0 aliphatic carbocycles. The summed E-state index contributed by atoms with van der Waals surface area (Å²) in [5, 5.41) is 3.57. The Morgan fingerprint density at radius 2 is 1.76 bits per heavy atom. The zero-order valence-electron chi connectivity index (χ0n) is 12.5. The molecule has 114 valence electrons. The number of rotatable bonds is 7. The largest absolute Gasteiger partial charge is 0.447 e. The van der Waals surface area contributed by atoms with Crippen molar-refractivity contribution in [1.29, 1.82) is 0 Å². The predicted molar refractivity (Wildman–Crippen MR) is 83.7 cm³/mol. The summed E-state index contributed by atoms with van der Waals surface area (Å²) in [6.07, 6.45) is 1.55. The molecule has 2 rings (SSSR count). The molecule has 0 unspecified atom stereocenters. The van der Waals surface area contributed by atoms with Crippen LogP contribution < -0.4 is 10.6 Å². The van der Waals surface area contributed by atoms with E-state index in [0.717, 1.165) is 11.3 Å². The quantitative estimate of drug-likeness (QED) is 0.776. The van der Waals surface area contributed by atoms with Crippen LogP contribution in [0.3, 0.4) is 0 Å². The second kappa shape index (κ2) is 6.94. The van der Waals surface area contributed by atoms with Gasteiger partial charge in [0.15, 0.2) is 0 Å². The fourth-order valence-electron chi connectivity index (χ4n) is 2.03. The molecule has 6 heteroatoms. The zero-order valence-corrected chi connectivity index (χ0v) is 13.4. The van der Waals surface area contributed by atoms with Crippen LogP contribution in [0.25, 0.3) is 0 Å². The first kappa shape index (κ1) is 15.8. The Hall–Kier alpha value is -1.55. The van der Waals surface area contributed by atoms with Gasteiger partial charge in [0.2, 0.25) is 5.88 Å². The summed E-state index contributed by atoms with van der Waals surface area (Å²) in [4.78, 5) is 0. The number of nitrogens with one attached hydrogen (secondary N) is 1. The van der Waals surface area contributed by atoms with Crippen molar-refractivity contribution in [3.8, 4) is 0 Å². The van der Waals surface area contributed by atoms with Gasteiger partial charge >= 0.3 is 7.60 Å². The summed E-state index contributed by atoms with van der Waals surface area (Å²) in [6, 6.07) is 9.53. The molecule has 0 saturated carbocycles. The fourth-order valence-corrected chi connectivity index (χ4v) is 3.88. The molecule has 1 heterocycles. The number of furan rings is 1. The highest BCUT2D eigenvalue weighted by Gasteiger charge is 2.34. The number of anilines is 2. The number of para-hydroxylation sites is 1. The van der Waals surface area contributed by atoms with Gasteiger partial charge in [-0.1, -0.05) is 18.2 Å². The van der Waals surface area contributed by atoms with Gasteiger partial charge in [0.1, 0.15) is 5.30 Å². The van der Waals surface area contributed by atoms with Crippen LogP contribution >= 0.6 is 7.60 Å². The highest BCUT2D eigenvalue weighted by Crippen LogP contribution is 2.50. The van der Waals surface area contributed by atoms with E-state index in [1.54, 1.807) is 20.1 Å². The maximum absolute atomic E-state index is 13.0. The number of benzene rings is 1. The Balaban J connectivity index is 2.39. The zero-order chi connectivity index (χ0) is 15.3. The predicted octanol–water partition coefficient (Wildman–Crippen LogP) is 4.22. The highest BCUT2D eigenvalue weighted by molar-refractivity contribution is 7.62. The van der Waals surface area contributed by atoms with Gasteiger partial charge in [-0.3, -0.25) is 4.57 Å². The maximum atomic E-state index is 13.0. The second-order valence-corrected chi connectivity index (χ2v) is 6.38. The van der Waals surface area contributed by atoms with E-state index >= 15 is 0 Å². The average molecular weight is 309 g/mol. The van der Waals surface area contributed by atoms with E-state index in [1.165, 1.54) is 0 Å². The number of hydrogen-bond acceptors (Lipinski definition) is 5. The van der Waals surface area contributed by atoms with Gasteiger partial charge in [-0.2, -0.15) is 0 Å². The monoisotopic (exact) mass is 309 g/mol. The topological polar surface area (TPSA) is 60.7 Å². The molecule has 0 aliphatic rings. The van der Waals surface area contributed by atoms with E-state index in [2.05, 4.69) is 5.32 Å². The van der Waals surface area contributed by atoms with Crippen LogP contribution in [-0.4, -0.2) is 13.2 Å². The Kier molecular flexibility index (Phi) is 5.23. The lowest BCUT2D eigenvalue weighted by Gasteiger charge is -2.18.